The van der Waals surface area contributed by atoms with Crippen LogP contribution in [0, 0.1) is 12.7 Å². The lowest BCUT2D eigenvalue weighted by Crippen LogP contribution is -2.19. The summed E-state index contributed by atoms with van der Waals surface area (Å²) in [4.78, 5) is 24.3. The van der Waals surface area contributed by atoms with Crippen LogP contribution in [0.4, 0.5) is 21.5 Å². The van der Waals surface area contributed by atoms with Gasteiger partial charge in [-0.1, -0.05) is 24.3 Å². The minimum atomic E-state index is -3.77. The Morgan fingerprint density at radius 2 is 1.42 bits per heavy atom. The van der Waals surface area contributed by atoms with E-state index in [1.165, 1.54) is 36.4 Å². The summed E-state index contributed by atoms with van der Waals surface area (Å²) in [7, 11) is -3.77. The molecule has 2 amide bonds. The van der Waals surface area contributed by atoms with Gasteiger partial charge in [-0.05, 0) is 61.0 Å². The van der Waals surface area contributed by atoms with Crippen LogP contribution in [0.5, 0.6) is 0 Å². The molecule has 0 heterocycles. The lowest BCUT2D eigenvalue weighted by molar-refractivity contribution is -0.114. The molecule has 0 spiro atoms. The van der Waals surface area contributed by atoms with Crippen LogP contribution in [0.3, 0.4) is 0 Å². The molecule has 172 valence electrons. The van der Waals surface area contributed by atoms with E-state index in [2.05, 4.69) is 15.4 Å². The number of benzene rings is 3. The zero-order valence-electron chi connectivity index (χ0n) is 17.7. The van der Waals surface area contributed by atoms with Crippen LogP contribution >= 0.6 is 11.8 Å². The van der Waals surface area contributed by atoms with Gasteiger partial charge in [0, 0.05) is 11.4 Å². The molecule has 33 heavy (non-hydrogen) atoms. The van der Waals surface area contributed by atoms with Crippen LogP contribution in [0.1, 0.15) is 5.56 Å². The van der Waals surface area contributed by atoms with Gasteiger partial charge in [0.05, 0.1) is 22.1 Å². The van der Waals surface area contributed by atoms with Crippen LogP contribution in [0.2, 0.25) is 0 Å². The number of aryl methyl sites for hydroxylation is 1. The highest BCUT2D eigenvalue weighted by Gasteiger charge is 2.15. The number of rotatable bonds is 9. The predicted octanol–water partition coefficient (Wildman–Crippen LogP) is 4.25. The van der Waals surface area contributed by atoms with E-state index in [0.29, 0.717) is 22.6 Å². The fraction of sp³-hybridized carbons (Fsp3) is 0.130. The van der Waals surface area contributed by atoms with Crippen LogP contribution in [-0.4, -0.2) is 31.7 Å². The van der Waals surface area contributed by atoms with Crippen LogP contribution in [-0.2, 0) is 19.6 Å². The van der Waals surface area contributed by atoms with E-state index in [0.717, 1.165) is 11.8 Å². The summed E-state index contributed by atoms with van der Waals surface area (Å²) in [5, 5.41) is 5.31. The van der Waals surface area contributed by atoms with Crippen molar-refractivity contribution in [3.05, 3.63) is 84.2 Å². The molecule has 0 aromatic heterocycles. The van der Waals surface area contributed by atoms with Crippen molar-refractivity contribution >= 4 is 50.7 Å². The number of carbonyl (C=O) groups is 2. The van der Waals surface area contributed by atoms with Gasteiger partial charge >= 0.3 is 0 Å². The normalized spacial score (nSPS) is 11.0. The number of nitrogens with one attached hydrogen (secondary N) is 3. The van der Waals surface area contributed by atoms with Gasteiger partial charge in [-0.3, -0.25) is 14.3 Å². The number of hydrogen-bond donors (Lipinski definition) is 3. The van der Waals surface area contributed by atoms with Gasteiger partial charge in [0.1, 0.15) is 5.82 Å². The maximum Gasteiger partial charge on any atom is 0.261 e. The Labute approximate surface area is 195 Å². The van der Waals surface area contributed by atoms with Gasteiger partial charge in [-0.15, -0.1) is 11.8 Å². The third-order valence-corrected chi connectivity index (χ3v) is 6.73. The second-order valence-electron chi connectivity index (χ2n) is 7.04. The molecule has 10 heteroatoms. The first kappa shape index (κ1) is 24.3. The number of sulfonamides is 1. The molecule has 0 saturated heterocycles. The fourth-order valence-electron chi connectivity index (χ4n) is 2.78. The van der Waals surface area contributed by atoms with Crippen molar-refractivity contribution in [3.8, 4) is 0 Å². The summed E-state index contributed by atoms with van der Waals surface area (Å²) in [5.41, 5.74) is 1.94. The zero-order valence-corrected chi connectivity index (χ0v) is 19.3. The Balaban J connectivity index is 1.52. The molecule has 3 N–H and O–H groups in total. The molecule has 3 rings (SSSR count). The summed E-state index contributed by atoms with van der Waals surface area (Å²) in [5.74, 6) is -0.981. The topological polar surface area (TPSA) is 104 Å². The van der Waals surface area contributed by atoms with Crippen molar-refractivity contribution in [1.82, 2.24) is 0 Å². The second-order valence-corrected chi connectivity index (χ2v) is 9.71. The average Bonchev–Trinajstić information content (AvgIpc) is 2.78. The predicted molar refractivity (Wildman–Crippen MR) is 129 cm³/mol. The van der Waals surface area contributed by atoms with Crippen molar-refractivity contribution in [2.24, 2.45) is 0 Å². The van der Waals surface area contributed by atoms with Gasteiger partial charge in [-0.2, -0.15) is 0 Å². The van der Waals surface area contributed by atoms with Crippen LogP contribution in [0.15, 0.2) is 77.7 Å². The summed E-state index contributed by atoms with van der Waals surface area (Å²) in [6, 6.07) is 18.3. The quantitative estimate of drug-likeness (QED) is 0.419. The van der Waals surface area contributed by atoms with E-state index in [1.54, 1.807) is 43.3 Å². The Bertz CT molecular complexity index is 1230. The highest BCUT2D eigenvalue weighted by Crippen LogP contribution is 2.24. The molecular formula is C23H22FN3O4S2. The molecule has 7 nitrogen and oxygen atoms in total. The molecule has 3 aromatic carbocycles. The van der Waals surface area contributed by atoms with E-state index in [-0.39, 0.29) is 28.2 Å². The smallest absolute Gasteiger partial charge is 0.261 e. The van der Waals surface area contributed by atoms with Gasteiger partial charge in [-0.25, -0.2) is 12.8 Å². The molecule has 0 bridgehead atoms. The maximum atomic E-state index is 12.9. The first-order valence-corrected chi connectivity index (χ1v) is 12.5. The summed E-state index contributed by atoms with van der Waals surface area (Å²) in [6.45, 7) is 1.75. The van der Waals surface area contributed by atoms with Crippen molar-refractivity contribution in [1.29, 1.82) is 0 Å². The van der Waals surface area contributed by atoms with Gasteiger partial charge in [0.15, 0.2) is 0 Å². The van der Waals surface area contributed by atoms with Gasteiger partial charge < -0.3 is 10.6 Å². The molecule has 0 fully saturated rings. The SMILES string of the molecule is Cc1ccc(NC(=O)CSCC(=O)Nc2ccc(F)cc2)cc1NS(=O)(=O)c1ccccc1. The molecule has 3 aromatic rings. The molecular weight excluding hydrogens is 465 g/mol. The number of carbonyl (C=O) groups excluding carboxylic acids is 2. The number of amides is 2. The van der Waals surface area contributed by atoms with Gasteiger partial charge in [0.2, 0.25) is 11.8 Å². The van der Waals surface area contributed by atoms with Gasteiger partial charge in [0.25, 0.3) is 10.0 Å². The second kappa shape index (κ2) is 11.0. The highest BCUT2D eigenvalue weighted by atomic mass is 32.2. The van der Waals surface area contributed by atoms with Crippen molar-refractivity contribution in [2.45, 2.75) is 11.8 Å². The fourth-order valence-corrected chi connectivity index (χ4v) is 4.54. The van der Waals surface area contributed by atoms with E-state index < -0.39 is 15.8 Å². The molecule has 0 radical (unpaired) electrons. The monoisotopic (exact) mass is 487 g/mol. The molecule has 0 aliphatic heterocycles. The van der Waals surface area contributed by atoms with Crippen molar-refractivity contribution in [2.75, 3.05) is 26.9 Å². The summed E-state index contributed by atoms with van der Waals surface area (Å²) in [6.07, 6.45) is 0. The third-order valence-electron chi connectivity index (χ3n) is 4.41. The number of thioether (sulfide) groups is 1. The molecule has 0 atom stereocenters. The molecule has 0 saturated carbocycles. The number of anilines is 3. The van der Waals surface area contributed by atoms with E-state index in [9.17, 15) is 22.4 Å². The Kier molecular flexibility index (Phi) is 8.07. The summed E-state index contributed by atoms with van der Waals surface area (Å²) < 4.78 is 40.6. The third kappa shape index (κ3) is 7.33. The minimum Gasteiger partial charge on any atom is -0.325 e. The Morgan fingerprint density at radius 3 is 2.06 bits per heavy atom. The molecule has 0 aliphatic carbocycles. The lowest BCUT2D eigenvalue weighted by atomic mass is 10.2. The standard InChI is InChI=1S/C23H22FN3O4S2/c1-16-7-10-19(13-21(16)27-33(30,31)20-5-3-2-4-6-20)26-23(29)15-32-14-22(28)25-18-11-8-17(24)9-12-18/h2-13,27H,14-15H2,1H3,(H,25,28)(H,26,29). The first-order valence-electron chi connectivity index (χ1n) is 9.84. The minimum absolute atomic E-state index is 0.0236. The van der Waals surface area contributed by atoms with Crippen LogP contribution < -0.4 is 15.4 Å². The van der Waals surface area contributed by atoms with Crippen molar-refractivity contribution < 1.29 is 22.4 Å². The van der Waals surface area contributed by atoms with E-state index in [1.807, 2.05) is 0 Å². The number of hydrogen-bond acceptors (Lipinski definition) is 5. The zero-order chi connectivity index (χ0) is 23.8. The first-order chi connectivity index (χ1) is 15.7. The van der Waals surface area contributed by atoms with Crippen LogP contribution in [0.25, 0.3) is 0 Å². The lowest BCUT2D eigenvalue weighted by Gasteiger charge is -2.13. The average molecular weight is 488 g/mol. The van der Waals surface area contributed by atoms with Crippen molar-refractivity contribution in [3.63, 3.8) is 0 Å². The molecule has 0 aliphatic rings. The van der Waals surface area contributed by atoms with E-state index in [4.69, 9.17) is 0 Å². The maximum absolute atomic E-state index is 12.9. The highest BCUT2D eigenvalue weighted by molar-refractivity contribution is 8.00. The number of halogens is 1. The molecule has 0 unspecified atom stereocenters. The summed E-state index contributed by atoms with van der Waals surface area (Å²) >= 11 is 1.12. The Morgan fingerprint density at radius 1 is 0.848 bits per heavy atom. The largest absolute Gasteiger partial charge is 0.325 e. The Hall–Kier alpha value is -3.37. The van der Waals surface area contributed by atoms with E-state index >= 15 is 0 Å².